The summed E-state index contributed by atoms with van der Waals surface area (Å²) in [7, 11) is 0. The van der Waals surface area contributed by atoms with Crippen LogP contribution in [0.5, 0.6) is 5.75 Å². The van der Waals surface area contributed by atoms with Crippen LogP contribution in [0.25, 0.3) is 10.8 Å². The number of benzene rings is 2. The second-order valence-electron chi connectivity index (χ2n) is 6.03. The summed E-state index contributed by atoms with van der Waals surface area (Å²) in [5, 5.41) is 1.22. The van der Waals surface area contributed by atoms with Crippen LogP contribution >= 0.6 is 0 Å². The van der Waals surface area contributed by atoms with Crippen LogP contribution in [0.15, 0.2) is 30.3 Å². The predicted octanol–water partition coefficient (Wildman–Crippen LogP) is 3.96. The summed E-state index contributed by atoms with van der Waals surface area (Å²) < 4.78 is 20.9. The van der Waals surface area contributed by atoms with Gasteiger partial charge in [0.2, 0.25) is 0 Å². The zero-order chi connectivity index (χ0) is 16.4. The molecule has 0 bridgehead atoms. The fraction of sp³-hybridized carbons (Fsp3) is 0.368. The third kappa shape index (κ3) is 2.62. The highest BCUT2D eigenvalue weighted by molar-refractivity contribution is 5.89. The number of hydrogen-bond donors (Lipinski definition) is 0. The highest BCUT2D eigenvalue weighted by atomic mass is 19.1. The van der Waals surface area contributed by atoms with E-state index < -0.39 is 11.2 Å². The molecule has 0 N–H and O–H groups in total. The second-order valence-corrected chi connectivity index (χ2v) is 6.03. The number of ketones is 1. The van der Waals surface area contributed by atoms with Crippen LogP contribution in [0.4, 0.5) is 4.39 Å². The van der Waals surface area contributed by atoms with Crippen LogP contribution < -0.4 is 4.74 Å². The number of rotatable bonds is 4. The molecule has 0 saturated heterocycles. The molecular formula is C19H19FO3. The molecule has 0 spiro atoms. The maximum Gasteiger partial charge on any atom is 0.138 e. The van der Waals surface area contributed by atoms with E-state index in [4.69, 9.17) is 4.74 Å². The van der Waals surface area contributed by atoms with E-state index in [0.29, 0.717) is 49.0 Å². The summed E-state index contributed by atoms with van der Waals surface area (Å²) in [6.45, 7) is 2.22. The molecule has 0 aromatic heterocycles. The van der Waals surface area contributed by atoms with E-state index in [0.717, 1.165) is 11.7 Å². The molecule has 3 rings (SSSR count). The minimum atomic E-state index is -0.980. The van der Waals surface area contributed by atoms with Gasteiger partial charge in [0, 0.05) is 23.8 Å². The number of ether oxygens (including phenoxy) is 1. The van der Waals surface area contributed by atoms with Crippen molar-refractivity contribution in [2.45, 2.75) is 38.0 Å². The Morgan fingerprint density at radius 2 is 1.96 bits per heavy atom. The number of carbonyl (C=O) groups excluding carboxylic acids is 2. The van der Waals surface area contributed by atoms with Crippen molar-refractivity contribution in [2.24, 2.45) is 0 Å². The zero-order valence-electron chi connectivity index (χ0n) is 13.1. The number of halogens is 1. The van der Waals surface area contributed by atoms with Crippen LogP contribution in [0.1, 0.15) is 38.2 Å². The van der Waals surface area contributed by atoms with Crippen molar-refractivity contribution in [1.29, 1.82) is 0 Å². The van der Waals surface area contributed by atoms with Gasteiger partial charge in [-0.2, -0.15) is 0 Å². The lowest BCUT2D eigenvalue weighted by molar-refractivity contribution is -0.123. The maximum atomic E-state index is 15.2. The fourth-order valence-corrected chi connectivity index (χ4v) is 3.41. The van der Waals surface area contributed by atoms with E-state index in [-0.39, 0.29) is 5.78 Å². The minimum absolute atomic E-state index is 0.127. The first-order chi connectivity index (χ1) is 11.1. The van der Waals surface area contributed by atoms with Crippen molar-refractivity contribution in [3.05, 3.63) is 41.7 Å². The lowest BCUT2D eigenvalue weighted by Crippen LogP contribution is -2.35. The molecule has 2 aromatic rings. The smallest absolute Gasteiger partial charge is 0.138 e. The van der Waals surface area contributed by atoms with Crippen molar-refractivity contribution in [3.63, 3.8) is 0 Å². The molecule has 2 aromatic carbocycles. The summed E-state index contributed by atoms with van der Waals surface area (Å²) in [6.07, 6.45) is 2.08. The molecular weight excluding hydrogens is 295 g/mol. The van der Waals surface area contributed by atoms with Crippen LogP contribution in [-0.4, -0.2) is 18.7 Å². The van der Waals surface area contributed by atoms with Crippen LogP contribution in [-0.2, 0) is 15.0 Å². The Morgan fingerprint density at radius 1 is 1.26 bits per heavy atom. The molecule has 0 radical (unpaired) electrons. The average Bonchev–Trinajstić information content (AvgIpc) is 2.57. The zero-order valence-corrected chi connectivity index (χ0v) is 13.1. The molecule has 1 saturated carbocycles. The van der Waals surface area contributed by atoms with Gasteiger partial charge >= 0.3 is 0 Å². The second kappa shape index (κ2) is 6.11. The van der Waals surface area contributed by atoms with Gasteiger partial charge in [-0.25, -0.2) is 4.39 Å². The van der Waals surface area contributed by atoms with E-state index in [2.05, 4.69) is 0 Å². The highest BCUT2D eigenvalue weighted by Crippen LogP contribution is 2.44. The Labute approximate surface area is 134 Å². The van der Waals surface area contributed by atoms with Gasteiger partial charge in [0.1, 0.15) is 23.6 Å². The lowest BCUT2D eigenvalue weighted by atomic mass is 9.69. The Morgan fingerprint density at radius 3 is 2.61 bits per heavy atom. The van der Waals surface area contributed by atoms with Gasteiger partial charge in [-0.1, -0.05) is 24.3 Å². The van der Waals surface area contributed by atoms with Crippen molar-refractivity contribution >= 4 is 22.8 Å². The third-order valence-corrected chi connectivity index (χ3v) is 4.67. The first-order valence-corrected chi connectivity index (χ1v) is 7.94. The molecule has 3 nitrogen and oxygen atoms in total. The molecule has 0 unspecified atom stereocenters. The first-order valence-electron chi connectivity index (χ1n) is 7.94. The van der Waals surface area contributed by atoms with Crippen LogP contribution in [0.3, 0.4) is 0 Å². The predicted molar refractivity (Wildman–Crippen MR) is 86.3 cm³/mol. The molecule has 120 valence electrons. The Bertz CT molecular complexity index is 757. The number of Topliss-reactive ketones (excluding diaryl/α,β-unsaturated/α-hetero) is 1. The molecule has 4 heteroatoms. The SMILES string of the molecule is CCOc1cc2ccccc2c(F)c1C1(C=O)CCC(=O)CC1. The summed E-state index contributed by atoms with van der Waals surface area (Å²) >= 11 is 0. The monoisotopic (exact) mass is 314 g/mol. The Hall–Kier alpha value is -2.23. The van der Waals surface area contributed by atoms with Gasteiger partial charge in [0.15, 0.2) is 0 Å². The van der Waals surface area contributed by atoms with E-state index in [9.17, 15) is 9.59 Å². The molecule has 1 aliphatic carbocycles. The molecule has 1 fully saturated rings. The third-order valence-electron chi connectivity index (χ3n) is 4.67. The molecule has 23 heavy (non-hydrogen) atoms. The number of hydrogen-bond acceptors (Lipinski definition) is 3. The molecule has 0 amide bonds. The summed E-state index contributed by atoms with van der Waals surface area (Å²) in [4.78, 5) is 23.5. The van der Waals surface area contributed by atoms with Gasteiger partial charge in [0.25, 0.3) is 0 Å². The van der Waals surface area contributed by atoms with Gasteiger partial charge in [-0.3, -0.25) is 4.79 Å². The van der Waals surface area contributed by atoms with Crippen LogP contribution in [0, 0.1) is 5.82 Å². The largest absolute Gasteiger partial charge is 0.493 e. The molecule has 0 aliphatic heterocycles. The normalized spacial score (nSPS) is 17.2. The average molecular weight is 314 g/mol. The number of carbonyl (C=O) groups is 2. The first kappa shape index (κ1) is 15.7. The van der Waals surface area contributed by atoms with Crippen molar-refractivity contribution in [2.75, 3.05) is 6.61 Å². The molecule has 1 aliphatic rings. The van der Waals surface area contributed by atoms with Crippen molar-refractivity contribution in [3.8, 4) is 5.75 Å². The van der Waals surface area contributed by atoms with E-state index >= 15 is 4.39 Å². The number of aldehydes is 1. The fourth-order valence-electron chi connectivity index (χ4n) is 3.41. The summed E-state index contributed by atoms with van der Waals surface area (Å²) in [6, 6.07) is 8.93. The summed E-state index contributed by atoms with van der Waals surface area (Å²) in [5.41, 5.74) is -0.674. The van der Waals surface area contributed by atoms with Gasteiger partial charge < -0.3 is 9.53 Å². The van der Waals surface area contributed by atoms with Gasteiger partial charge in [-0.05, 0) is 31.2 Å². The quantitative estimate of drug-likeness (QED) is 0.802. The van der Waals surface area contributed by atoms with E-state index in [1.807, 2.05) is 19.1 Å². The molecule has 0 heterocycles. The van der Waals surface area contributed by atoms with Crippen molar-refractivity contribution < 1.29 is 18.7 Å². The standard InChI is InChI=1S/C19H19FO3/c1-2-23-16-11-13-5-3-4-6-15(13)18(20)17(16)19(12-21)9-7-14(22)8-10-19/h3-6,11-12H,2,7-10H2,1H3. The minimum Gasteiger partial charge on any atom is -0.493 e. The number of fused-ring (bicyclic) bond motifs is 1. The van der Waals surface area contributed by atoms with Crippen molar-refractivity contribution in [1.82, 2.24) is 0 Å². The maximum absolute atomic E-state index is 15.2. The molecule has 0 atom stereocenters. The topological polar surface area (TPSA) is 43.4 Å². The van der Waals surface area contributed by atoms with Crippen LogP contribution in [0.2, 0.25) is 0 Å². The Balaban J connectivity index is 2.25. The highest BCUT2D eigenvalue weighted by Gasteiger charge is 2.41. The van der Waals surface area contributed by atoms with Gasteiger partial charge in [0.05, 0.1) is 12.0 Å². The van der Waals surface area contributed by atoms with E-state index in [1.165, 1.54) is 0 Å². The summed E-state index contributed by atoms with van der Waals surface area (Å²) in [5.74, 6) is 0.125. The van der Waals surface area contributed by atoms with E-state index in [1.54, 1.807) is 18.2 Å². The Kier molecular flexibility index (Phi) is 4.16. The van der Waals surface area contributed by atoms with Gasteiger partial charge in [-0.15, -0.1) is 0 Å². The lowest BCUT2D eigenvalue weighted by Gasteiger charge is -2.33.